The van der Waals surface area contributed by atoms with Crippen LogP contribution in [0.15, 0.2) is 60.7 Å². The Labute approximate surface area is 128 Å². The van der Waals surface area contributed by atoms with Crippen molar-refractivity contribution in [2.24, 2.45) is 0 Å². The molecule has 3 amide bonds. The minimum absolute atomic E-state index is 0.322. The van der Waals surface area contributed by atoms with Gasteiger partial charge in [-0.3, -0.25) is 9.59 Å². The molecule has 0 aliphatic carbocycles. The molecule has 1 atom stereocenters. The van der Waals surface area contributed by atoms with Gasteiger partial charge in [0.05, 0.1) is 0 Å². The van der Waals surface area contributed by atoms with Crippen LogP contribution in [-0.2, 0) is 4.79 Å². The Hall–Kier alpha value is -2.95. The lowest BCUT2D eigenvalue weighted by atomic mass is 10.1. The van der Waals surface area contributed by atoms with Crippen LogP contribution in [0.3, 0.4) is 0 Å². The SMILES string of the molecule is CNC(=O)N(C(=O)c1ccccc1)C([C]=O)c1ccccc1. The highest BCUT2D eigenvalue weighted by Crippen LogP contribution is 2.21. The Morgan fingerprint density at radius 1 is 1.00 bits per heavy atom. The summed E-state index contributed by atoms with van der Waals surface area (Å²) >= 11 is 0. The molecule has 0 spiro atoms. The van der Waals surface area contributed by atoms with Crippen molar-refractivity contribution in [1.29, 1.82) is 0 Å². The molecule has 0 aliphatic heterocycles. The van der Waals surface area contributed by atoms with E-state index in [0.29, 0.717) is 11.1 Å². The number of nitrogens with one attached hydrogen (secondary N) is 1. The van der Waals surface area contributed by atoms with Gasteiger partial charge in [-0.05, 0) is 17.7 Å². The van der Waals surface area contributed by atoms with Gasteiger partial charge in [-0.15, -0.1) is 0 Å². The van der Waals surface area contributed by atoms with E-state index in [1.165, 1.54) is 7.05 Å². The second-order valence-corrected chi connectivity index (χ2v) is 4.53. The first kappa shape index (κ1) is 15.4. The monoisotopic (exact) mass is 295 g/mol. The van der Waals surface area contributed by atoms with Crippen LogP contribution < -0.4 is 5.32 Å². The molecule has 0 aromatic heterocycles. The summed E-state index contributed by atoms with van der Waals surface area (Å²) in [5.41, 5.74) is 0.840. The molecule has 5 heteroatoms. The lowest BCUT2D eigenvalue weighted by Gasteiger charge is -2.25. The van der Waals surface area contributed by atoms with Crippen molar-refractivity contribution < 1.29 is 14.4 Å². The molecular formula is C17H15N2O3. The highest BCUT2D eigenvalue weighted by molar-refractivity contribution is 6.06. The number of urea groups is 1. The summed E-state index contributed by atoms with van der Waals surface area (Å²) in [6.07, 6.45) is 1.78. The van der Waals surface area contributed by atoms with Crippen molar-refractivity contribution in [3.05, 3.63) is 71.8 Å². The van der Waals surface area contributed by atoms with Gasteiger partial charge in [0.1, 0.15) is 6.04 Å². The van der Waals surface area contributed by atoms with E-state index >= 15 is 0 Å². The van der Waals surface area contributed by atoms with Crippen molar-refractivity contribution in [2.45, 2.75) is 6.04 Å². The van der Waals surface area contributed by atoms with Crippen molar-refractivity contribution in [3.8, 4) is 0 Å². The molecule has 2 aromatic rings. The molecule has 2 rings (SSSR count). The maximum Gasteiger partial charge on any atom is 0.325 e. The van der Waals surface area contributed by atoms with Gasteiger partial charge >= 0.3 is 6.03 Å². The number of amides is 3. The van der Waals surface area contributed by atoms with E-state index in [1.54, 1.807) is 66.9 Å². The summed E-state index contributed by atoms with van der Waals surface area (Å²) in [5, 5.41) is 2.39. The number of rotatable bonds is 4. The molecule has 1 radical (unpaired) electrons. The first-order chi connectivity index (χ1) is 10.7. The Bertz CT molecular complexity index is 656. The number of carbonyl (C=O) groups excluding carboxylic acids is 3. The summed E-state index contributed by atoms with van der Waals surface area (Å²) in [4.78, 5) is 37.0. The quantitative estimate of drug-likeness (QED) is 0.941. The summed E-state index contributed by atoms with van der Waals surface area (Å²) in [6, 6.07) is 15.2. The predicted octanol–water partition coefficient (Wildman–Crippen LogP) is 2.32. The summed E-state index contributed by atoms with van der Waals surface area (Å²) < 4.78 is 0. The third-order valence-corrected chi connectivity index (χ3v) is 3.16. The Kier molecular flexibility index (Phi) is 5.03. The van der Waals surface area contributed by atoms with Crippen LogP contribution in [0.25, 0.3) is 0 Å². The van der Waals surface area contributed by atoms with Gasteiger partial charge in [0.2, 0.25) is 6.29 Å². The van der Waals surface area contributed by atoms with Gasteiger partial charge in [-0.2, -0.15) is 0 Å². The second kappa shape index (κ2) is 7.17. The molecule has 0 bridgehead atoms. The highest BCUT2D eigenvalue weighted by Gasteiger charge is 2.31. The Balaban J connectivity index is 2.43. The normalized spacial score (nSPS) is 11.3. The van der Waals surface area contributed by atoms with Crippen LogP contribution in [0.1, 0.15) is 22.0 Å². The minimum atomic E-state index is -1.10. The molecule has 1 N–H and O–H groups in total. The summed E-state index contributed by atoms with van der Waals surface area (Å²) in [6.45, 7) is 0. The summed E-state index contributed by atoms with van der Waals surface area (Å²) in [7, 11) is 1.40. The van der Waals surface area contributed by atoms with Crippen LogP contribution in [-0.4, -0.2) is 30.2 Å². The van der Waals surface area contributed by atoms with Gasteiger partial charge in [0, 0.05) is 12.6 Å². The zero-order valence-electron chi connectivity index (χ0n) is 12.0. The van der Waals surface area contributed by atoms with Gasteiger partial charge in [0.15, 0.2) is 0 Å². The molecular weight excluding hydrogens is 280 g/mol. The second-order valence-electron chi connectivity index (χ2n) is 4.53. The minimum Gasteiger partial charge on any atom is -0.341 e. The van der Waals surface area contributed by atoms with Crippen molar-refractivity contribution in [3.63, 3.8) is 0 Å². The van der Waals surface area contributed by atoms with Gasteiger partial charge in [-0.25, -0.2) is 9.69 Å². The lowest BCUT2D eigenvalue weighted by Crippen LogP contribution is -2.45. The third kappa shape index (κ3) is 3.20. The highest BCUT2D eigenvalue weighted by atomic mass is 16.2. The largest absolute Gasteiger partial charge is 0.341 e. The topological polar surface area (TPSA) is 66.5 Å². The number of nitrogens with zero attached hydrogens (tertiary/aromatic N) is 1. The molecule has 2 aromatic carbocycles. The van der Waals surface area contributed by atoms with E-state index in [0.717, 1.165) is 4.90 Å². The van der Waals surface area contributed by atoms with Gasteiger partial charge in [0.25, 0.3) is 5.91 Å². The lowest BCUT2D eigenvalue weighted by molar-refractivity contribution is 0.0776. The van der Waals surface area contributed by atoms with E-state index in [-0.39, 0.29) is 0 Å². The summed E-state index contributed by atoms with van der Waals surface area (Å²) in [5.74, 6) is -0.558. The van der Waals surface area contributed by atoms with Crippen LogP contribution in [0, 0.1) is 0 Å². The van der Waals surface area contributed by atoms with E-state index in [1.807, 2.05) is 0 Å². The molecule has 0 fully saturated rings. The molecule has 0 saturated carbocycles. The first-order valence-electron chi connectivity index (χ1n) is 6.72. The smallest absolute Gasteiger partial charge is 0.325 e. The zero-order chi connectivity index (χ0) is 15.9. The predicted molar refractivity (Wildman–Crippen MR) is 81.9 cm³/mol. The van der Waals surface area contributed by atoms with Crippen molar-refractivity contribution in [1.82, 2.24) is 10.2 Å². The Morgan fingerprint density at radius 3 is 2.05 bits per heavy atom. The van der Waals surface area contributed by atoms with Gasteiger partial charge in [-0.1, -0.05) is 48.5 Å². The van der Waals surface area contributed by atoms with Crippen molar-refractivity contribution >= 4 is 18.2 Å². The third-order valence-electron chi connectivity index (χ3n) is 3.16. The number of carbonyl (C=O) groups is 2. The van der Waals surface area contributed by atoms with Gasteiger partial charge < -0.3 is 5.32 Å². The number of hydrogen-bond acceptors (Lipinski definition) is 3. The number of benzene rings is 2. The van der Waals surface area contributed by atoms with E-state index in [4.69, 9.17) is 0 Å². The average molecular weight is 295 g/mol. The van der Waals surface area contributed by atoms with E-state index < -0.39 is 18.0 Å². The van der Waals surface area contributed by atoms with Crippen LogP contribution in [0.4, 0.5) is 4.79 Å². The molecule has 1 unspecified atom stereocenters. The average Bonchev–Trinajstić information content (AvgIpc) is 2.60. The van der Waals surface area contributed by atoms with Crippen LogP contribution in [0.5, 0.6) is 0 Å². The molecule has 111 valence electrons. The fourth-order valence-electron chi connectivity index (χ4n) is 2.07. The first-order valence-corrected chi connectivity index (χ1v) is 6.72. The maximum atomic E-state index is 12.6. The van der Waals surface area contributed by atoms with E-state index in [2.05, 4.69) is 5.32 Å². The molecule has 0 saturated heterocycles. The fourth-order valence-corrected chi connectivity index (χ4v) is 2.07. The van der Waals surface area contributed by atoms with Crippen LogP contribution >= 0.6 is 0 Å². The molecule has 22 heavy (non-hydrogen) atoms. The fraction of sp³-hybridized carbons (Fsp3) is 0.118. The van der Waals surface area contributed by atoms with Crippen molar-refractivity contribution in [2.75, 3.05) is 7.05 Å². The standard InChI is InChI=1S/C17H15N2O3/c1-18-17(22)19(16(21)14-10-6-3-7-11-14)15(12-20)13-8-4-2-5-9-13/h2-11,15H,1H3,(H,18,22). The number of imide groups is 1. The van der Waals surface area contributed by atoms with Crippen LogP contribution in [0.2, 0.25) is 0 Å². The number of hydrogen-bond donors (Lipinski definition) is 1. The van der Waals surface area contributed by atoms with E-state index in [9.17, 15) is 14.4 Å². The zero-order valence-corrected chi connectivity index (χ0v) is 12.0. The molecule has 0 heterocycles. The maximum absolute atomic E-state index is 12.6. The molecule has 0 aliphatic rings. The Morgan fingerprint density at radius 2 is 1.55 bits per heavy atom. The molecule has 5 nitrogen and oxygen atoms in total.